The standard InChI is InChI=1S/C19H22ClN5O4/c1-9-3-4-11(10(2)5-9)6-21-16-13-17(24-19(20)23-16)25(8-22-13)18-15(28)14(27)12(7-26)29-18/h3-5,8,12,14-15,18,26-28H,6-7H2,1-2H3,(H,21,23,24)/t12-,14-,15-,18?/m1/s1. The molecule has 9 nitrogen and oxygen atoms in total. The summed E-state index contributed by atoms with van der Waals surface area (Å²) in [6.45, 7) is 4.19. The Balaban J connectivity index is 1.65. The van der Waals surface area contributed by atoms with Crippen molar-refractivity contribution in [3.05, 3.63) is 46.5 Å². The van der Waals surface area contributed by atoms with Gasteiger partial charge in [-0.05, 0) is 36.6 Å². The molecule has 0 bridgehead atoms. The average Bonchev–Trinajstić information content (AvgIpc) is 3.22. The van der Waals surface area contributed by atoms with E-state index in [1.807, 2.05) is 19.9 Å². The number of hydrogen-bond donors (Lipinski definition) is 4. The molecule has 0 spiro atoms. The molecule has 2 aromatic heterocycles. The minimum Gasteiger partial charge on any atom is -0.394 e. The number of aryl methyl sites for hydroxylation is 2. The molecule has 0 radical (unpaired) electrons. The Morgan fingerprint density at radius 2 is 2.00 bits per heavy atom. The SMILES string of the molecule is Cc1ccc(CNc2nc(Cl)nc3c2ncn3C2O[C@H](CO)[C@@H](O)[C@H]2O)c(C)c1. The summed E-state index contributed by atoms with van der Waals surface area (Å²) in [6, 6.07) is 6.20. The highest BCUT2D eigenvalue weighted by Gasteiger charge is 2.44. The molecule has 4 N–H and O–H groups in total. The quantitative estimate of drug-likeness (QED) is 0.456. The maximum atomic E-state index is 10.3. The summed E-state index contributed by atoms with van der Waals surface area (Å²) in [5.41, 5.74) is 4.27. The number of aliphatic hydroxyl groups is 3. The number of imidazole rings is 1. The van der Waals surface area contributed by atoms with Crippen molar-refractivity contribution in [2.75, 3.05) is 11.9 Å². The normalized spacial score (nSPS) is 24.3. The van der Waals surface area contributed by atoms with Crippen LogP contribution in [-0.2, 0) is 11.3 Å². The number of benzene rings is 1. The summed E-state index contributed by atoms with van der Waals surface area (Å²) in [7, 11) is 0. The molecule has 0 amide bonds. The lowest BCUT2D eigenvalue weighted by molar-refractivity contribution is -0.0511. The first kappa shape index (κ1) is 20.0. The lowest BCUT2D eigenvalue weighted by Crippen LogP contribution is -2.33. The third kappa shape index (κ3) is 3.67. The zero-order valence-electron chi connectivity index (χ0n) is 15.9. The maximum absolute atomic E-state index is 10.3. The zero-order chi connectivity index (χ0) is 20.7. The van der Waals surface area contributed by atoms with Gasteiger partial charge in [0.05, 0.1) is 12.9 Å². The van der Waals surface area contributed by atoms with Gasteiger partial charge in [-0.15, -0.1) is 0 Å². The number of fused-ring (bicyclic) bond motifs is 1. The van der Waals surface area contributed by atoms with Gasteiger partial charge in [-0.3, -0.25) is 4.57 Å². The van der Waals surface area contributed by atoms with Gasteiger partial charge in [0.15, 0.2) is 23.2 Å². The number of aliphatic hydroxyl groups excluding tert-OH is 3. The van der Waals surface area contributed by atoms with Gasteiger partial charge in [-0.25, -0.2) is 4.98 Å². The summed E-state index contributed by atoms with van der Waals surface area (Å²) in [4.78, 5) is 12.8. The molecule has 0 aliphatic carbocycles. The first-order valence-corrected chi connectivity index (χ1v) is 9.59. The van der Waals surface area contributed by atoms with Crippen LogP contribution in [0.2, 0.25) is 5.28 Å². The molecule has 0 saturated carbocycles. The number of aromatic nitrogens is 4. The van der Waals surface area contributed by atoms with Gasteiger partial charge >= 0.3 is 0 Å². The fourth-order valence-electron chi connectivity index (χ4n) is 3.53. The lowest BCUT2D eigenvalue weighted by Gasteiger charge is -2.16. The fraction of sp³-hybridized carbons (Fsp3) is 0.421. The van der Waals surface area contributed by atoms with E-state index in [0.29, 0.717) is 23.5 Å². The minimum absolute atomic E-state index is 0.00845. The highest BCUT2D eigenvalue weighted by Crippen LogP contribution is 2.32. The summed E-state index contributed by atoms with van der Waals surface area (Å²) in [5.74, 6) is 0.450. The molecule has 1 aliphatic heterocycles. The lowest BCUT2D eigenvalue weighted by atomic mass is 10.1. The van der Waals surface area contributed by atoms with Crippen LogP contribution in [0, 0.1) is 13.8 Å². The first-order chi connectivity index (χ1) is 13.9. The topological polar surface area (TPSA) is 126 Å². The van der Waals surface area contributed by atoms with Crippen LogP contribution in [0.4, 0.5) is 5.82 Å². The second-order valence-corrected chi connectivity index (χ2v) is 7.52. The summed E-state index contributed by atoms with van der Waals surface area (Å²) >= 11 is 6.12. The number of hydrogen-bond acceptors (Lipinski definition) is 8. The molecule has 1 fully saturated rings. The van der Waals surface area contributed by atoms with Crippen molar-refractivity contribution in [1.29, 1.82) is 0 Å². The van der Waals surface area contributed by atoms with Gasteiger partial charge in [0, 0.05) is 6.54 Å². The monoisotopic (exact) mass is 419 g/mol. The number of nitrogens with one attached hydrogen (secondary N) is 1. The smallest absolute Gasteiger partial charge is 0.226 e. The molecular weight excluding hydrogens is 398 g/mol. The van der Waals surface area contributed by atoms with E-state index in [0.717, 1.165) is 11.1 Å². The number of anilines is 1. The second kappa shape index (κ2) is 7.85. The predicted octanol–water partition coefficient (Wildman–Crippen LogP) is 1.32. The van der Waals surface area contributed by atoms with Crippen LogP contribution in [0.3, 0.4) is 0 Å². The fourth-order valence-corrected chi connectivity index (χ4v) is 3.70. The van der Waals surface area contributed by atoms with Crippen molar-refractivity contribution in [1.82, 2.24) is 19.5 Å². The molecule has 1 unspecified atom stereocenters. The van der Waals surface area contributed by atoms with Gasteiger partial charge in [-0.2, -0.15) is 9.97 Å². The van der Waals surface area contributed by atoms with Crippen molar-refractivity contribution in [3.63, 3.8) is 0 Å². The highest BCUT2D eigenvalue weighted by atomic mass is 35.5. The van der Waals surface area contributed by atoms with E-state index in [2.05, 4.69) is 32.4 Å². The van der Waals surface area contributed by atoms with E-state index in [4.69, 9.17) is 16.3 Å². The Morgan fingerprint density at radius 1 is 1.21 bits per heavy atom. The van der Waals surface area contributed by atoms with Crippen molar-refractivity contribution in [2.24, 2.45) is 0 Å². The average molecular weight is 420 g/mol. The van der Waals surface area contributed by atoms with Gasteiger partial charge in [-0.1, -0.05) is 23.8 Å². The van der Waals surface area contributed by atoms with E-state index in [-0.39, 0.29) is 5.28 Å². The Kier molecular flexibility index (Phi) is 5.41. The minimum atomic E-state index is -1.25. The highest BCUT2D eigenvalue weighted by molar-refractivity contribution is 6.28. The van der Waals surface area contributed by atoms with Crippen LogP contribution in [0.25, 0.3) is 11.2 Å². The molecule has 1 aromatic carbocycles. The van der Waals surface area contributed by atoms with Crippen LogP contribution in [0.15, 0.2) is 24.5 Å². The van der Waals surface area contributed by atoms with Crippen LogP contribution in [-0.4, -0.2) is 59.8 Å². The molecule has 3 aromatic rings. The Bertz CT molecular complexity index is 1040. The van der Waals surface area contributed by atoms with Gasteiger partial charge in [0.1, 0.15) is 18.3 Å². The maximum Gasteiger partial charge on any atom is 0.226 e. The van der Waals surface area contributed by atoms with E-state index in [9.17, 15) is 15.3 Å². The molecule has 4 atom stereocenters. The Hall–Kier alpha value is -2.30. The molecule has 3 heterocycles. The number of ether oxygens (including phenoxy) is 1. The van der Waals surface area contributed by atoms with E-state index in [1.165, 1.54) is 16.5 Å². The molecular formula is C19H22ClN5O4. The molecule has 29 heavy (non-hydrogen) atoms. The third-order valence-electron chi connectivity index (χ3n) is 5.13. The number of nitrogens with zero attached hydrogens (tertiary/aromatic N) is 4. The number of halogens is 1. The molecule has 10 heteroatoms. The zero-order valence-corrected chi connectivity index (χ0v) is 16.7. The van der Waals surface area contributed by atoms with E-state index in [1.54, 1.807) is 0 Å². The summed E-state index contributed by atoms with van der Waals surface area (Å²) in [5, 5.41) is 32.9. The van der Waals surface area contributed by atoms with Crippen molar-refractivity contribution in [3.8, 4) is 0 Å². The van der Waals surface area contributed by atoms with Gasteiger partial charge in [0.2, 0.25) is 5.28 Å². The predicted molar refractivity (Wildman–Crippen MR) is 107 cm³/mol. The van der Waals surface area contributed by atoms with Crippen LogP contribution >= 0.6 is 11.6 Å². The number of rotatable bonds is 5. The summed E-state index contributed by atoms with van der Waals surface area (Å²) < 4.78 is 7.05. The summed E-state index contributed by atoms with van der Waals surface area (Å²) in [6.07, 6.45) is -2.87. The van der Waals surface area contributed by atoms with Gasteiger partial charge < -0.3 is 25.4 Å². The Morgan fingerprint density at radius 3 is 2.69 bits per heavy atom. The molecule has 1 aliphatic rings. The second-order valence-electron chi connectivity index (χ2n) is 7.18. The largest absolute Gasteiger partial charge is 0.394 e. The first-order valence-electron chi connectivity index (χ1n) is 9.21. The molecule has 4 rings (SSSR count). The Labute approximate surface area is 172 Å². The van der Waals surface area contributed by atoms with E-state index < -0.39 is 31.1 Å². The molecule has 154 valence electrons. The molecule has 1 saturated heterocycles. The van der Waals surface area contributed by atoms with Crippen LogP contribution in [0.1, 0.15) is 22.9 Å². The van der Waals surface area contributed by atoms with Crippen molar-refractivity contribution >= 4 is 28.6 Å². The van der Waals surface area contributed by atoms with Crippen LogP contribution in [0.5, 0.6) is 0 Å². The van der Waals surface area contributed by atoms with Crippen LogP contribution < -0.4 is 5.32 Å². The van der Waals surface area contributed by atoms with E-state index >= 15 is 0 Å². The van der Waals surface area contributed by atoms with Gasteiger partial charge in [0.25, 0.3) is 0 Å². The third-order valence-corrected chi connectivity index (χ3v) is 5.30. The van der Waals surface area contributed by atoms with Crippen molar-refractivity contribution < 1.29 is 20.1 Å². The van der Waals surface area contributed by atoms with Crippen molar-refractivity contribution in [2.45, 2.75) is 44.9 Å².